The largest absolute Gasteiger partial charge is 0.487 e. The smallest absolute Gasteiger partial charge is 0.272 e. The van der Waals surface area contributed by atoms with E-state index >= 15 is 0 Å². The quantitative estimate of drug-likeness (QED) is 0.308. The number of aromatic nitrogens is 2. The lowest BCUT2D eigenvalue weighted by atomic mass is 10.2. The highest BCUT2D eigenvalue weighted by Gasteiger charge is 2.14. The molecule has 0 N–H and O–H groups in total. The monoisotopic (exact) mass is 405 g/mol. The Morgan fingerprint density at radius 3 is 2.50 bits per heavy atom. The molecule has 0 atom stereocenters. The highest BCUT2D eigenvalue weighted by atomic mass is 19.1. The molecular weight excluding hydrogens is 389 g/mol. The van der Waals surface area contributed by atoms with E-state index < -0.39 is 10.7 Å². The zero-order valence-electron chi connectivity index (χ0n) is 15.6. The van der Waals surface area contributed by atoms with Crippen LogP contribution in [0.1, 0.15) is 5.56 Å². The number of hydrogen-bond donors (Lipinski definition) is 0. The lowest BCUT2D eigenvalue weighted by molar-refractivity contribution is -0.385. The summed E-state index contributed by atoms with van der Waals surface area (Å²) < 4.78 is 27.4. The highest BCUT2D eigenvalue weighted by molar-refractivity contribution is 5.52. The van der Waals surface area contributed by atoms with Crippen molar-refractivity contribution in [1.29, 1.82) is 0 Å². The van der Waals surface area contributed by atoms with E-state index in [0.29, 0.717) is 23.8 Å². The Bertz CT molecular complexity index is 1160. The predicted molar refractivity (Wildman–Crippen MR) is 107 cm³/mol. The van der Waals surface area contributed by atoms with Gasteiger partial charge in [0, 0.05) is 24.5 Å². The number of nitro groups is 1. The number of halogens is 1. The second-order valence-electron chi connectivity index (χ2n) is 6.33. The van der Waals surface area contributed by atoms with E-state index in [9.17, 15) is 14.5 Å². The number of rotatable bonds is 7. The molecule has 0 bridgehead atoms. The molecule has 0 radical (unpaired) electrons. The first-order valence-corrected chi connectivity index (χ1v) is 9.03. The number of hydrogen-bond acceptors (Lipinski definition) is 5. The van der Waals surface area contributed by atoms with Crippen molar-refractivity contribution in [2.24, 2.45) is 0 Å². The van der Waals surface area contributed by atoms with Crippen LogP contribution < -0.4 is 9.47 Å². The minimum atomic E-state index is -0.825. The second-order valence-corrected chi connectivity index (χ2v) is 6.33. The molecule has 150 valence electrons. The van der Waals surface area contributed by atoms with Gasteiger partial charge >= 0.3 is 0 Å². The molecule has 1 aromatic heterocycles. The first kappa shape index (κ1) is 19.1. The van der Waals surface area contributed by atoms with Gasteiger partial charge in [-0.05, 0) is 29.8 Å². The van der Waals surface area contributed by atoms with Crippen LogP contribution in [-0.4, -0.2) is 14.7 Å². The van der Waals surface area contributed by atoms with E-state index in [1.165, 1.54) is 12.1 Å². The Morgan fingerprint density at radius 1 is 1.00 bits per heavy atom. The number of benzene rings is 3. The van der Waals surface area contributed by atoms with Crippen LogP contribution in [0, 0.1) is 15.9 Å². The Hall–Kier alpha value is -4.20. The van der Waals surface area contributed by atoms with Crippen LogP contribution >= 0.6 is 0 Å². The van der Waals surface area contributed by atoms with E-state index in [4.69, 9.17) is 9.47 Å². The molecule has 4 rings (SSSR count). The van der Waals surface area contributed by atoms with Gasteiger partial charge in [-0.15, -0.1) is 0 Å². The summed E-state index contributed by atoms with van der Waals surface area (Å²) in [5.41, 5.74) is 1.27. The summed E-state index contributed by atoms with van der Waals surface area (Å²) in [6.07, 6.45) is 3.38. The number of nitrogens with zero attached hydrogens (tertiary/aromatic N) is 3. The van der Waals surface area contributed by atoms with Crippen LogP contribution in [0.25, 0.3) is 5.69 Å². The normalized spacial score (nSPS) is 10.6. The molecule has 1 heterocycles. The Kier molecular flexibility index (Phi) is 5.38. The first-order valence-electron chi connectivity index (χ1n) is 9.03. The third kappa shape index (κ3) is 4.27. The SMILES string of the molecule is O=[N+]([O-])c1ccc(Oc2ccc(OCc3ccccc3)c(-n3cccn3)c2)c(F)c1. The van der Waals surface area contributed by atoms with E-state index in [1.54, 1.807) is 41.3 Å². The zero-order valence-corrected chi connectivity index (χ0v) is 15.6. The van der Waals surface area contributed by atoms with Gasteiger partial charge in [-0.25, -0.2) is 9.07 Å². The van der Waals surface area contributed by atoms with Crippen LogP contribution in [0.15, 0.2) is 85.2 Å². The van der Waals surface area contributed by atoms with E-state index in [0.717, 1.165) is 11.6 Å². The lowest BCUT2D eigenvalue weighted by Gasteiger charge is -2.14. The third-order valence-corrected chi connectivity index (χ3v) is 4.27. The summed E-state index contributed by atoms with van der Waals surface area (Å²) >= 11 is 0. The van der Waals surface area contributed by atoms with Crippen LogP contribution in [-0.2, 0) is 6.61 Å². The van der Waals surface area contributed by atoms with Gasteiger partial charge in [-0.2, -0.15) is 5.10 Å². The summed E-state index contributed by atoms with van der Waals surface area (Å²) in [6.45, 7) is 0.367. The van der Waals surface area contributed by atoms with Gasteiger partial charge in [-0.3, -0.25) is 10.1 Å². The third-order valence-electron chi connectivity index (χ3n) is 4.27. The minimum absolute atomic E-state index is 0.120. The molecule has 0 aliphatic carbocycles. The van der Waals surface area contributed by atoms with Gasteiger partial charge in [-0.1, -0.05) is 30.3 Å². The van der Waals surface area contributed by atoms with E-state index in [1.807, 2.05) is 30.3 Å². The maximum Gasteiger partial charge on any atom is 0.272 e. The van der Waals surface area contributed by atoms with Crippen molar-refractivity contribution in [2.75, 3.05) is 0 Å². The van der Waals surface area contributed by atoms with Gasteiger partial charge < -0.3 is 9.47 Å². The summed E-state index contributed by atoms with van der Waals surface area (Å²) in [4.78, 5) is 10.1. The van der Waals surface area contributed by atoms with Crippen LogP contribution in [0.5, 0.6) is 17.2 Å². The van der Waals surface area contributed by atoms with E-state index in [-0.39, 0.29) is 11.4 Å². The number of ether oxygens (including phenoxy) is 2. The van der Waals surface area contributed by atoms with Gasteiger partial charge in [0.05, 0.1) is 11.0 Å². The van der Waals surface area contributed by atoms with Gasteiger partial charge in [0.15, 0.2) is 11.6 Å². The maximum absolute atomic E-state index is 14.2. The van der Waals surface area contributed by atoms with Crippen molar-refractivity contribution in [3.63, 3.8) is 0 Å². The molecule has 0 unspecified atom stereocenters. The molecule has 0 fully saturated rings. The molecule has 7 nitrogen and oxygen atoms in total. The Morgan fingerprint density at radius 2 is 1.80 bits per heavy atom. The summed E-state index contributed by atoms with van der Waals surface area (Å²) in [5.74, 6) is -0.0430. The fourth-order valence-electron chi connectivity index (χ4n) is 2.82. The Balaban J connectivity index is 1.61. The Labute approximate surface area is 171 Å². The first-order chi connectivity index (χ1) is 14.6. The second kappa shape index (κ2) is 8.44. The number of non-ortho nitro benzene ring substituents is 1. The van der Waals surface area contributed by atoms with Crippen molar-refractivity contribution in [1.82, 2.24) is 9.78 Å². The minimum Gasteiger partial charge on any atom is -0.487 e. The fraction of sp³-hybridized carbons (Fsp3) is 0.0455. The molecule has 0 aliphatic rings. The van der Waals surface area contributed by atoms with Crippen LogP contribution in [0.4, 0.5) is 10.1 Å². The van der Waals surface area contributed by atoms with Crippen molar-refractivity contribution in [3.8, 4) is 22.9 Å². The zero-order chi connectivity index (χ0) is 20.9. The molecule has 0 saturated carbocycles. The summed E-state index contributed by atoms with van der Waals surface area (Å²) in [7, 11) is 0. The van der Waals surface area contributed by atoms with Crippen molar-refractivity contribution < 1.29 is 18.8 Å². The number of nitro benzene ring substituents is 1. The molecule has 3 aromatic carbocycles. The average Bonchev–Trinajstić information content (AvgIpc) is 3.29. The molecule has 0 saturated heterocycles. The van der Waals surface area contributed by atoms with Gasteiger partial charge in [0.2, 0.25) is 0 Å². The van der Waals surface area contributed by atoms with Crippen molar-refractivity contribution >= 4 is 5.69 Å². The molecule has 0 amide bonds. The van der Waals surface area contributed by atoms with Crippen molar-refractivity contribution in [3.05, 3.63) is 107 Å². The fourth-order valence-corrected chi connectivity index (χ4v) is 2.82. The predicted octanol–water partition coefficient (Wildman–Crippen LogP) is 5.29. The molecule has 8 heteroatoms. The van der Waals surface area contributed by atoms with E-state index in [2.05, 4.69) is 5.10 Å². The molecule has 0 aliphatic heterocycles. The standard InChI is InChI=1S/C22H16FN3O4/c23-19-13-17(26(27)28)7-9-21(19)30-18-8-10-22(20(14-18)25-12-4-11-24-25)29-15-16-5-2-1-3-6-16/h1-14H,15H2. The highest BCUT2D eigenvalue weighted by Crippen LogP contribution is 2.32. The van der Waals surface area contributed by atoms with Crippen LogP contribution in [0.3, 0.4) is 0 Å². The van der Waals surface area contributed by atoms with Gasteiger partial charge in [0.1, 0.15) is 23.8 Å². The lowest BCUT2D eigenvalue weighted by Crippen LogP contribution is -2.02. The van der Waals surface area contributed by atoms with Gasteiger partial charge in [0.25, 0.3) is 5.69 Å². The van der Waals surface area contributed by atoms with Crippen LogP contribution in [0.2, 0.25) is 0 Å². The topological polar surface area (TPSA) is 79.4 Å². The molecule has 0 spiro atoms. The molecule has 30 heavy (non-hydrogen) atoms. The molecular formula is C22H16FN3O4. The summed E-state index contributed by atoms with van der Waals surface area (Å²) in [6, 6.07) is 19.7. The molecule has 4 aromatic rings. The average molecular weight is 405 g/mol. The summed E-state index contributed by atoms with van der Waals surface area (Å²) in [5, 5.41) is 15.0. The maximum atomic E-state index is 14.2. The van der Waals surface area contributed by atoms with Crippen molar-refractivity contribution in [2.45, 2.75) is 6.61 Å².